The van der Waals surface area contributed by atoms with E-state index in [1.807, 2.05) is 0 Å². The summed E-state index contributed by atoms with van der Waals surface area (Å²) in [5.74, 6) is -0.138. The summed E-state index contributed by atoms with van der Waals surface area (Å²) >= 11 is 0. The third kappa shape index (κ3) is 2.29. The van der Waals surface area contributed by atoms with Crippen LogP contribution in [0.1, 0.15) is 19.3 Å². The summed E-state index contributed by atoms with van der Waals surface area (Å²) in [4.78, 5) is 0. The van der Waals surface area contributed by atoms with Gasteiger partial charge in [0.25, 0.3) is 6.43 Å². The second-order valence-corrected chi connectivity index (χ2v) is 4.50. The molecule has 3 nitrogen and oxygen atoms in total. The Morgan fingerprint density at radius 1 is 1.33 bits per heavy atom. The number of hydrogen-bond acceptors (Lipinski definition) is 3. The first-order valence-electron chi connectivity index (χ1n) is 5.38. The van der Waals surface area contributed by atoms with Crippen LogP contribution in [-0.2, 0) is 9.47 Å². The predicted octanol–water partition coefficient (Wildman–Crippen LogP) is 1.16. The van der Waals surface area contributed by atoms with Gasteiger partial charge in [-0.3, -0.25) is 0 Å². The quantitative estimate of drug-likeness (QED) is 0.761. The van der Waals surface area contributed by atoms with Gasteiger partial charge in [0.1, 0.15) is 0 Å². The lowest BCUT2D eigenvalue weighted by molar-refractivity contribution is -0.108. The van der Waals surface area contributed by atoms with Crippen LogP contribution in [-0.4, -0.2) is 37.9 Å². The van der Waals surface area contributed by atoms with Crippen molar-refractivity contribution in [3.8, 4) is 0 Å². The minimum atomic E-state index is -2.44. The Balaban J connectivity index is 1.97. The lowest BCUT2D eigenvalue weighted by atomic mass is 9.81. The van der Waals surface area contributed by atoms with Gasteiger partial charge in [-0.2, -0.15) is 0 Å². The van der Waals surface area contributed by atoms with Crippen molar-refractivity contribution in [3.63, 3.8) is 0 Å². The number of halogens is 2. The predicted molar refractivity (Wildman–Crippen MR) is 50.8 cm³/mol. The fraction of sp³-hybridized carbons (Fsp3) is 1.00. The van der Waals surface area contributed by atoms with Crippen LogP contribution in [0.2, 0.25) is 0 Å². The summed E-state index contributed by atoms with van der Waals surface area (Å²) in [6.45, 7) is 1.71. The van der Waals surface area contributed by atoms with Crippen molar-refractivity contribution in [1.82, 2.24) is 0 Å². The molecule has 88 valence electrons. The smallest absolute Gasteiger partial charge is 0.253 e. The van der Waals surface area contributed by atoms with Gasteiger partial charge >= 0.3 is 0 Å². The maximum atomic E-state index is 12.5. The van der Waals surface area contributed by atoms with Gasteiger partial charge < -0.3 is 15.2 Å². The molecular weight excluding hydrogens is 204 g/mol. The van der Waals surface area contributed by atoms with Crippen molar-refractivity contribution in [2.45, 2.75) is 37.3 Å². The Morgan fingerprint density at radius 3 is 2.73 bits per heavy atom. The van der Waals surface area contributed by atoms with Gasteiger partial charge in [0.05, 0.1) is 18.2 Å². The number of rotatable bonds is 2. The van der Waals surface area contributed by atoms with Crippen LogP contribution in [0.3, 0.4) is 0 Å². The summed E-state index contributed by atoms with van der Waals surface area (Å²) in [7, 11) is 0. The molecule has 2 saturated heterocycles. The van der Waals surface area contributed by atoms with Crippen LogP contribution in [0.4, 0.5) is 8.78 Å². The lowest BCUT2D eigenvalue weighted by Gasteiger charge is -2.39. The Hall–Kier alpha value is -0.260. The van der Waals surface area contributed by atoms with Crippen LogP contribution in [0.25, 0.3) is 0 Å². The second kappa shape index (κ2) is 4.31. The largest absolute Gasteiger partial charge is 0.378 e. The normalized spacial score (nSPS) is 38.8. The van der Waals surface area contributed by atoms with E-state index in [0.29, 0.717) is 32.7 Å². The van der Waals surface area contributed by atoms with Crippen molar-refractivity contribution in [3.05, 3.63) is 0 Å². The first-order chi connectivity index (χ1) is 7.13. The van der Waals surface area contributed by atoms with Crippen molar-refractivity contribution in [1.29, 1.82) is 0 Å². The zero-order chi connectivity index (χ0) is 10.9. The molecule has 2 fully saturated rings. The molecule has 3 atom stereocenters. The van der Waals surface area contributed by atoms with E-state index < -0.39 is 12.5 Å². The number of hydrogen-bond donors (Lipinski definition) is 1. The number of alkyl halides is 2. The van der Waals surface area contributed by atoms with Crippen LogP contribution in [0, 0.1) is 5.92 Å². The number of ether oxygens (including phenoxy) is 2. The molecule has 0 aromatic heterocycles. The van der Waals surface area contributed by atoms with E-state index in [1.54, 1.807) is 0 Å². The van der Waals surface area contributed by atoms with Crippen LogP contribution >= 0.6 is 0 Å². The van der Waals surface area contributed by atoms with Gasteiger partial charge in [0, 0.05) is 19.6 Å². The van der Waals surface area contributed by atoms with E-state index in [1.165, 1.54) is 0 Å². The van der Waals surface area contributed by atoms with Crippen LogP contribution in [0.5, 0.6) is 0 Å². The zero-order valence-electron chi connectivity index (χ0n) is 8.62. The fourth-order valence-electron chi connectivity index (χ4n) is 2.46. The van der Waals surface area contributed by atoms with E-state index in [4.69, 9.17) is 15.2 Å². The minimum Gasteiger partial charge on any atom is -0.378 e. The van der Waals surface area contributed by atoms with Crippen LogP contribution < -0.4 is 5.73 Å². The standard InChI is InChI=1S/C10H17F2NO2/c11-9(12)8(13)7-1-3-15-10(5-7)2-4-14-6-10/h7-9H,1-6,13H2. The summed E-state index contributed by atoms with van der Waals surface area (Å²) in [6, 6.07) is -1.02. The summed E-state index contributed by atoms with van der Waals surface area (Å²) in [5.41, 5.74) is 5.17. The Kier molecular flexibility index (Phi) is 3.23. The highest BCUT2D eigenvalue weighted by Gasteiger charge is 2.43. The van der Waals surface area contributed by atoms with Crippen molar-refractivity contribution >= 4 is 0 Å². The van der Waals surface area contributed by atoms with Gasteiger partial charge in [-0.15, -0.1) is 0 Å². The second-order valence-electron chi connectivity index (χ2n) is 4.50. The monoisotopic (exact) mass is 221 g/mol. The molecule has 2 aliphatic rings. The highest BCUT2D eigenvalue weighted by atomic mass is 19.3. The molecule has 0 saturated carbocycles. The summed E-state index contributed by atoms with van der Waals surface area (Å²) in [6.07, 6.45) is -0.391. The molecule has 2 aliphatic heterocycles. The molecule has 0 aliphatic carbocycles. The van der Waals surface area contributed by atoms with E-state index in [2.05, 4.69) is 0 Å². The van der Waals surface area contributed by atoms with Crippen molar-refractivity contribution in [2.75, 3.05) is 19.8 Å². The average Bonchev–Trinajstić information content (AvgIpc) is 2.65. The highest BCUT2D eigenvalue weighted by molar-refractivity contribution is 4.93. The highest BCUT2D eigenvalue weighted by Crippen LogP contribution is 2.37. The van der Waals surface area contributed by atoms with Crippen molar-refractivity contribution in [2.24, 2.45) is 11.7 Å². The molecule has 1 spiro atoms. The Morgan fingerprint density at radius 2 is 2.13 bits per heavy atom. The molecule has 0 amide bonds. The molecule has 0 bridgehead atoms. The molecule has 5 heteroatoms. The molecule has 0 aromatic rings. The summed E-state index contributed by atoms with van der Waals surface area (Å²) in [5, 5.41) is 0. The molecule has 3 unspecified atom stereocenters. The molecule has 2 rings (SSSR count). The minimum absolute atomic E-state index is 0.138. The first kappa shape index (κ1) is 11.2. The maximum Gasteiger partial charge on any atom is 0.253 e. The van der Waals surface area contributed by atoms with Gasteiger partial charge in [-0.25, -0.2) is 8.78 Å². The molecule has 2 N–H and O–H groups in total. The Bertz CT molecular complexity index is 219. The van der Waals surface area contributed by atoms with E-state index >= 15 is 0 Å². The average molecular weight is 221 g/mol. The van der Waals surface area contributed by atoms with Crippen molar-refractivity contribution < 1.29 is 18.3 Å². The van der Waals surface area contributed by atoms with E-state index in [9.17, 15) is 8.78 Å². The molecule has 15 heavy (non-hydrogen) atoms. The van der Waals surface area contributed by atoms with Gasteiger partial charge in [0.15, 0.2) is 0 Å². The van der Waals surface area contributed by atoms with Crippen LogP contribution in [0.15, 0.2) is 0 Å². The zero-order valence-corrected chi connectivity index (χ0v) is 8.62. The lowest BCUT2D eigenvalue weighted by Crippen LogP contribution is -2.48. The fourth-order valence-corrected chi connectivity index (χ4v) is 2.46. The number of nitrogens with two attached hydrogens (primary N) is 1. The third-order valence-corrected chi connectivity index (χ3v) is 3.43. The SMILES string of the molecule is NC(C(F)F)C1CCOC2(CCOC2)C1. The van der Waals surface area contributed by atoms with E-state index in [-0.39, 0.29) is 11.5 Å². The maximum absolute atomic E-state index is 12.5. The van der Waals surface area contributed by atoms with Gasteiger partial charge in [-0.05, 0) is 18.8 Å². The summed E-state index contributed by atoms with van der Waals surface area (Å²) < 4.78 is 35.9. The molecule has 0 radical (unpaired) electrons. The van der Waals surface area contributed by atoms with Gasteiger partial charge in [0.2, 0.25) is 0 Å². The molecular formula is C10H17F2NO2. The Labute approximate surface area is 87.9 Å². The molecule has 0 aromatic carbocycles. The third-order valence-electron chi connectivity index (χ3n) is 3.43. The topological polar surface area (TPSA) is 44.5 Å². The van der Waals surface area contributed by atoms with Gasteiger partial charge in [-0.1, -0.05) is 0 Å². The first-order valence-corrected chi connectivity index (χ1v) is 5.38. The van der Waals surface area contributed by atoms with E-state index in [0.717, 1.165) is 6.42 Å². The molecule has 2 heterocycles.